The number of phenols is 1. The first-order valence-electron chi connectivity index (χ1n) is 11.4. The maximum absolute atomic E-state index is 12.7. The Morgan fingerprint density at radius 3 is 2.54 bits per heavy atom. The number of carbonyl (C=O) groups excluding carboxylic acids is 2. The second-order valence-electron chi connectivity index (χ2n) is 7.98. The number of allylic oxidation sites excluding steroid dienone is 1. The molecule has 0 bridgehead atoms. The highest BCUT2D eigenvalue weighted by molar-refractivity contribution is 9.11. The number of benzene rings is 3. The first-order valence-corrected chi connectivity index (χ1v) is 14.2. The van der Waals surface area contributed by atoms with Crippen molar-refractivity contribution in [3.63, 3.8) is 0 Å². The van der Waals surface area contributed by atoms with Gasteiger partial charge in [0.1, 0.15) is 11.9 Å². The molecule has 0 aliphatic carbocycles. The molecule has 1 atom stereocenters. The van der Waals surface area contributed by atoms with Gasteiger partial charge < -0.3 is 20.9 Å². The summed E-state index contributed by atoms with van der Waals surface area (Å²) in [4.78, 5) is 26.0. The van der Waals surface area contributed by atoms with E-state index in [1.54, 1.807) is 66.4 Å². The van der Waals surface area contributed by atoms with E-state index in [4.69, 9.17) is 10.5 Å². The van der Waals surface area contributed by atoms with Crippen LogP contribution in [0.5, 0.6) is 5.75 Å². The molecule has 0 saturated heterocycles. The highest BCUT2D eigenvalue weighted by Crippen LogP contribution is 2.38. The third-order valence-electron chi connectivity index (χ3n) is 5.32. The first-order chi connectivity index (χ1) is 17.8. The summed E-state index contributed by atoms with van der Waals surface area (Å²) in [6, 6.07) is 17.9. The van der Waals surface area contributed by atoms with Crippen LogP contribution in [0.4, 0.5) is 21.9 Å². The van der Waals surface area contributed by atoms with Gasteiger partial charge in [-0.15, -0.1) is 11.8 Å². The molecule has 194 valence electrons. The second-order valence-corrected chi connectivity index (χ2v) is 10.6. The quantitative estimate of drug-likeness (QED) is 0.0770. The number of halogens is 2. The van der Waals surface area contributed by atoms with Crippen LogP contribution in [0.3, 0.4) is 0 Å². The van der Waals surface area contributed by atoms with E-state index in [-0.39, 0.29) is 11.7 Å². The minimum Gasteiger partial charge on any atom is -0.506 e. The molecule has 0 fully saturated rings. The molecule has 3 rings (SSSR count). The normalized spacial score (nSPS) is 11.8. The number of para-hydroxylation sites is 2. The van der Waals surface area contributed by atoms with E-state index in [0.29, 0.717) is 46.4 Å². The van der Waals surface area contributed by atoms with Gasteiger partial charge in [0.05, 0.1) is 15.8 Å². The van der Waals surface area contributed by atoms with E-state index in [0.717, 1.165) is 9.37 Å². The molecular weight excluding hydrogens is 622 g/mol. The van der Waals surface area contributed by atoms with Gasteiger partial charge in [-0.1, -0.05) is 34.1 Å². The summed E-state index contributed by atoms with van der Waals surface area (Å²) in [6.45, 7) is 0. The van der Waals surface area contributed by atoms with Gasteiger partial charge in [0, 0.05) is 20.6 Å². The maximum atomic E-state index is 12.7. The molecule has 5 N–H and O–H groups in total. The van der Waals surface area contributed by atoms with Gasteiger partial charge in [0.25, 0.3) is 0 Å². The number of unbranched alkanes of at least 4 members (excludes halogenated alkanes) is 1. The van der Waals surface area contributed by atoms with Gasteiger partial charge in [-0.05, 0) is 96.1 Å². The summed E-state index contributed by atoms with van der Waals surface area (Å²) in [5, 5.41) is 16.1. The Labute approximate surface area is 237 Å². The average Bonchev–Trinajstić information content (AvgIpc) is 2.87. The number of nitrogen functional groups attached to an aromatic ring is 1. The van der Waals surface area contributed by atoms with Crippen molar-refractivity contribution in [2.24, 2.45) is 0 Å². The number of thioether (sulfide) groups is 1. The summed E-state index contributed by atoms with van der Waals surface area (Å²) in [5.74, 6) is -0.285. The van der Waals surface area contributed by atoms with Crippen LogP contribution in [0.15, 0.2) is 86.7 Å². The number of ether oxygens (including phenoxy) is 1. The van der Waals surface area contributed by atoms with E-state index in [2.05, 4.69) is 42.5 Å². The molecule has 3 aromatic carbocycles. The van der Waals surface area contributed by atoms with Crippen molar-refractivity contribution in [2.75, 3.05) is 22.6 Å². The molecule has 0 unspecified atom stereocenters. The predicted octanol–water partition coefficient (Wildman–Crippen LogP) is 7.88. The number of aromatic hydroxyl groups is 1. The topological polar surface area (TPSA) is 114 Å². The molecule has 3 aromatic rings. The fraction of sp³-hybridized carbons (Fsp3) is 0.185. The molecule has 37 heavy (non-hydrogen) atoms. The SMILES string of the molecule is CSc1ccc(NC(=O)O[C@@H](CCC/C=C/C(=O)Nc2ccccc2N)c2cc(Br)cc(Br)c2O)cc1. The van der Waals surface area contributed by atoms with Crippen molar-refractivity contribution >= 4 is 72.7 Å². The Morgan fingerprint density at radius 1 is 1.11 bits per heavy atom. The van der Waals surface area contributed by atoms with Crippen molar-refractivity contribution in [3.8, 4) is 5.75 Å². The van der Waals surface area contributed by atoms with Crippen molar-refractivity contribution < 1.29 is 19.4 Å². The molecule has 0 aliphatic rings. The number of carbonyl (C=O) groups is 2. The highest BCUT2D eigenvalue weighted by atomic mass is 79.9. The van der Waals surface area contributed by atoms with Gasteiger partial charge >= 0.3 is 6.09 Å². The lowest BCUT2D eigenvalue weighted by Gasteiger charge is -2.20. The highest BCUT2D eigenvalue weighted by Gasteiger charge is 2.22. The molecule has 0 heterocycles. The summed E-state index contributed by atoms with van der Waals surface area (Å²) in [6.07, 6.45) is 5.40. The minimum absolute atomic E-state index is 0.000642. The molecule has 0 aliphatic heterocycles. The number of rotatable bonds is 10. The van der Waals surface area contributed by atoms with Crippen LogP contribution in [-0.4, -0.2) is 23.4 Å². The molecule has 10 heteroatoms. The Balaban J connectivity index is 1.63. The average molecular weight is 649 g/mol. The largest absolute Gasteiger partial charge is 0.506 e. The Morgan fingerprint density at radius 2 is 1.84 bits per heavy atom. The molecule has 0 saturated carbocycles. The Bertz CT molecular complexity index is 1270. The van der Waals surface area contributed by atoms with Gasteiger partial charge in [0.15, 0.2) is 0 Å². The van der Waals surface area contributed by atoms with Crippen molar-refractivity contribution in [1.29, 1.82) is 0 Å². The first kappa shape index (κ1) is 28.6. The van der Waals surface area contributed by atoms with Gasteiger partial charge in [-0.2, -0.15) is 0 Å². The number of anilines is 3. The number of amides is 2. The monoisotopic (exact) mass is 647 g/mol. The number of hydrogen-bond acceptors (Lipinski definition) is 6. The van der Waals surface area contributed by atoms with Crippen LogP contribution in [0.25, 0.3) is 0 Å². The fourth-order valence-electron chi connectivity index (χ4n) is 3.46. The molecule has 0 radical (unpaired) electrons. The molecule has 0 aromatic heterocycles. The third-order valence-corrected chi connectivity index (χ3v) is 7.12. The van der Waals surface area contributed by atoms with Gasteiger partial charge in [0.2, 0.25) is 5.91 Å². The van der Waals surface area contributed by atoms with Crippen LogP contribution < -0.4 is 16.4 Å². The molecular formula is C27H27Br2N3O4S. The number of phenolic OH excluding ortho intramolecular Hbond substituents is 1. The lowest BCUT2D eigenvalue weighted by molar-refractivity contribution is -0.111. The van der Waals surface area contributed by atoms with E-state index < -0.39 is 12.2 Å². The summed E-state index contributed by atoms with van der Waals surface area (Å²) < 4.78 is 6.94. The number of hydrogen-bond donors (Lipinski definition) is 4. The minimum atomic E-state index is -0.717. The van der Waals surface area contributed by atoms with Crippen LogP contribution in [0, 0.1) is 0 Å². The smallest absolute Gasteiger partial charge is 0.412 e. The summed E-state index contributed by atoms with van der Waals surface area (Å²) in [7, 11) is 0. The zero-order chi connectivity index (χ0) is 26.8. The zero-order valence-electron chi connectivity index (χ0n) is 20.0. The van der Waals surface area contributed by atoms with Crippen LogP contribution in [0.2, 0.25) is 0 Å². The Hall–Kier alpha value is -2.95. The van der Waals surface area contributed by atoms with E-state index in [1.165, 1.54) is 6.08 Å². The molecule has 2 amide bonds. The van der Waals surface area contributed by atoms with E-state index in [1.807, 2.05) is 18.4 Å². The lowest BCUT2D eigenvalue weighted by atomic mass is 10.0. The summed E-state index contributed by atoms with van der Waals surface area (Å²) >= 11 is 8.37. The second kappa shape index (κ2) is 14.1. The zero-order valence-corrected chi connectivity index (χ0v) is 24.0. The maximum Gasteiger partial charge on any atom is 0.412 e. The van der Waals surface area contributed by atoms with Crippen molar-refractivity contribution in [2.45, 2.75) is 30.3 Å². The standard InChI is InChI=1S/C27H27Br2N3O4S/c1-37-19-13-11-18(12-14-19)31-27(35)36-24(20-15-17(28)16-21(29)26(20)34)9-3-2-4-10-25(33)32-23-8-6-5-7-22(23)30/h4-8,10-16,24,34H,2-3,9,30H2,1H3,(H,31,35)(H,32,33)/b10-4+/t24-/m0/s1. The number of nitrogens with two attached hydrogens (primary N) is 1. The van der Waals surface area contributed by atoms with Crippen molar-refractivity contribution in [1.82, 2.24) is 0 Å². The van der Waals surface area contributed by atoms with Crippen LogP contribution in [-0.2, 0) is 9.53 Å². The van der Waals surface area contributed by atoms with Crippen LogP contribution in [0.1, 0.15) is 30.9 Å². The molecule has 0 spiro atoms. The fourth-order valence-corrected chi connectivity index (χ4v) is 5.12. The number of nitrogens with one attached hydrogen (secondary N) is 2. The van der Waals surface area contributed by atoms with Crippen molar-refractivity contribution in [3.05, 3.63) is 87.3 Å². The summed E-state index contributed by atoms with van der Waals surface area (Å²) in [5.41, 5.74) is 7.97. The lowest BCUT2D eigenvalue weighted by Crippen LogP contribution is -2.18. The Kier molecular flexibility index (Phi) is 10.9. The molecule has 7 nitrogen and oxygen atoms in total. The van der Waals surface area contributed by atoms with Gasteiger partial charge in [-0.3, -0.25) is 10.1 Å². The van der Waals surface area contributed by atoms with Gasteiger partial charge in [-0.25, -0.2) is 4.79 Å². The van der Waals surface area contributed by atoms with E-state index >= 15 is 0 Å². The van der Waals surface area contributed by atoms with E-state index in [9.17, 15) is 14.7 Å². The predicted molar refractivity (Wildman–Crippen MR) is 157 cm³/mol. The van der Waals surface area contributed by atoms with Crippen LogP contribution >= 0.6 is 43.6 Å². The third kappa shape index (κ3) is 8.84.